The zero-order valence-electron chi connectivity index (χ0n) is 18.1. The third kappa shape index (κ3) is 4.18. The van der Waals surface area contributed by atoms with Gasteiger partial charge in [-0.15, -0.1) is 0 Å². The predicted molar refractivity (Wildman–Crippen MR) is 115 cm³/mol. The molecule has 0 spiro atoms. The number of fused-ring (bicyclic) bond motifs is 3. The molecule has 0 radical (unpaired) electrons. The molecule has 2 atom stereocenters. The van der Waals surface area contributed by atoms with E-state index in [-0.39, 0.29) is 17.4 Å². The molecule has 0 saturated carbocycles. The van der Waals surface area contributed by atoms with E-state index in [4.69, 9.17) is 25.5 Å². The fourth-order valence-corrected chi connectivity index (χ4v) is 4.86. The van der Waals surface area contributed by atoms with Gasteiger partial charge in [-0.1, -0.05) is 0 Å². The Bertz CT molecular complexity index is 984. The van der Waals surface area contributed by atoms with E-state index in [1.165, 1.54) is 0 Å². The van der Waals surface area contributed by atoms with Crippen LogP contribution in [0.15, 0.2) is 10.5 Å². The minimum Gasteiger partial charge on any atom is -0.454 e. The maximum Gasteiger partial charge on any atom is 0.410 e. The monoisotopic (exact) mass is 449 g/mol. The molecule has 2 bridgehead atoms. The first kappa shape index (κ1) is 20.8. The van der Waals surface area contributed by atoms with Crippen molar-refractivity contribution in [3.8, 4) is 0 Å². The van der Waals surface area contributed by atoms with E-state index in [1.54, 1.807) is 0 Å². The Balaban J connectivity index is 1.30. The summed E-state index contributed by atoms with van der Waals surface area (Å²) in [6.45, 7) is 10.6. The Morgan fingerprint density at radius 2 is 2.00 bits per heavy atom. The number of carbonyl (C=O) groups is 1. The molecule has 3 fully saturated rings. The van der Waals surface area contributed by atoms with Crippen LogP contribution in [0.5, 0.6) is 0 Å². The van der Waals surface area contributed by atoms with Crippen LogP contribution in [0.3, 0.4) is 0 Å². The molecule has 10 heteroatoms. The quantitative estimate of drug-likeness (QED) is 0.661. The molecule has 0 aliphatic carbocycles. The number of ether oxygens (including phenoxy) is 2. The summed E-state index contributed by atoms with van der Waals surface area (Å²) in [6, 6.07) is 2.44. The van der Waals surface area contributed by atoms with E-state index in [2.05, 4.69) is 19.8 Å². The van der Waals surface area contributed by atoms with Crippen LogP contribution in [0, 0.1) is 0 Å². The van der Waals surface area contributed by atoms with Crippen molar-refractivity contribution in [2.45, 2.75) is 51.4 Å². The van der Waals surface area contributed by atoms with Gasteiger partial charge in [0.05, 0.1) is 19.8 Å². The van der Waals surface area contributed by atoms with Gasteiger partial charge in [-0.05, 0) is 38.8 Å². The molecule has 5 heterocycles. The second-order valence-electron chi connectivity index (χ2n) is 9.45. The van der Waals surface area contributed by atoms with Gasteiger partial charge in [-0.25, -0.2) is 9.78 Å². The lowest BCUT2D eigenvalue weighted by Crippen LogP contribution is -2.49. The number of anilines is 1. The molecule has 9 nitrogen and oxygen atoms in total. The minimum absolute atomic E-state index is 0.183. The molecular formula is C21H28ClN5O4. The SMILES string of the molecule is CC(C)(C)OC(=O)N1C[C@@H]2C[C@H]1CN2Cc1cc2nc(Cl)nc(N3CCOCC3)c2o1. The molecule has 0 aromatic carbocycles. The Morgan fingerprint density at radius 1 is 1.23 bits per heavy atom. The van der Waals surface area contributed by atoms with Crippen LogP contribution >= 0.6 is 11.6 Å². The van der Waals surface area contributed by atoms with Crippen molar-refractivity contribution >= 4 is 34.6 Å². The van der Waals surface area contributed by atoms with E-state index in [9.17, 15) is 4.79 Å². The van der Waals surface area contributed by atoms with Crippen LogP contribution < -0.4 is 4.90 Å². The van der Waals surface area contributed by atoms with Crippen LogP contribution in [-0.2, 0) is 16.0 Å². The maximum absolute atomic E-state index is 12.5. The summed E-state index contributed by atoms with van der Waals surface area (Å²) >= 11 is 6.18. The molecule has 1 amide bonds. The van der Waals surface area contributed by atoms with Gasteiger partial charge >= 0.3 is 6.09 Å². The topological polar surface area (TPSA) is 84.2 Å². The number of amides is 1. The smallest absolute Gasteiger partial charge is 0.410 e. The van der Waals surface area contributed by atoms with Gasteiger partial charge in [0, 0.05) is 44.3 Å². The highest BCUT2D eigenvalue weighted by Crippen LogP contribution is 2.35. The number of furan rings is 1. The van der Waals surface area contributed by atoms with Crippen molar-refractivity contribution in [3.63, 3.8) is 0 Å². The van der Waals surface area contributed by atoms with Gasteiger partial charge in [0.2, 0.25) is 5.28 Å². The van der Waals surface area contributed by atoms with Crippen molar-refractivity contribution in [2.24, 2.45) is 0 Å². The molecule has 5 rings (SSSR count). The summed E-state index contributed by atoms with van der Waals surface area (Å²) in [5, 5.41) is 0.217. The first-order valence-corrected chi connectivity index (χ1v) is 11.2. The highest BCUT2D eigenvalue weighted by Gasteiger charge is 2.46. The van der Waals surface area contributed by atoms with Gasteiger partial charge < -0.3 is 23.7 Å². The number of morpholine rings is 1. The second-order valence-corrected chi connectivity index (χ2v) is 9.79. The van der Waals surface area contributed by atoms with Crippen molar-refractivity contribution in [2.75, 3.05) is 44.3 Å². The standard InChI is InChI=1S/C21H28ClN5O4/c1-21(2,3)31-20(28)27-11-13-8-14(27)10-26(13)12-15-9-16-17(30-15)18(24-19(22)23-16)25-4-6-29-7-5-25/h9,13-14H,4-8,10-12H2,1-3H3/t13-,14-/m0/s1. The van der Waals surface area contributed by atoms with Crippen LogP contribution in [0.4, 0.5) is 10.6 Å². The lowest BCUT2D eigenvalue weighted by Gasteiger charge is -2.34. The molecule has 2 aromatic rings. The minimum atomic E-state index is -0.479. The largest absolute Gasteiger partial charge is 0.454 e. The maximum atomic E-state index is 12.5. The second kappa shape index (κ2) is 7.79. The number of rotatable bonds is 3. The van der Waals surface area contributed by atoms with Crippen molar-refractivity contribution in [3.05, 3.63) is 17.1 Å². The Kier molecular flexibility index (Phi) is 5.22. The first-order valence-electron chi connectivity index (χ1n) is 10.8. The lowest BCUT2D eigenvalue weighted by atomic mass is 10.2. The fraction of sp³-hybridized carbons (Fsp3) is 0.667. The molecule has 3 aliphatic heterocycles. The average Bonchev–Trinajstić information content (AvgIpc) is 3.40. The molecule has 2 aromatic heterocycles. The van der Waals surface area contributed by atoms with Crippen LogP contribution in [0.2, 0.25) is 5.28 Å². The van der Waals surface area contributed by atoms with Crippen LogP contribution in [0.1, 0.15) is 33.0 Å². The summed E-state index contributed by atoms with van der Waals surface area (Å²) in [7, 11) is 0. The van der Waals surface area contributed by atoms with E-state index in [0.29, 0.717) is 37.9 Å². The molecule has 3 aliphatic rings. The van der Waals surface area contributed by atoms with E-state index in [0.717, 1.165) is 43.1 Å². The Hall–Kier alpha value is -2.10. The van der Waals surface area contributed by atoms with E-state index < -0.39 is 5.60 Å². The first-order chi connectivity index (χ1) is 14.8. The number of carbonyl (C=O) groups excluding carboxylic acids is 1. The number of likely N-dealkylation sites (tertiary alicyclic amines) is 2. The fourth-order valence-electron chi connectivity index (χ4n) is 4.69. The Labute approximate surface area is 186 Å². The zero-order chi connectivity index (χ0) is 21.8. The van der Waals surface area contributed by atoms with Gasteiger partial charge in [0.15, 0.2) is 11.4 Å². The normalized spacial score (nSPS) is 24.4. The molecule has 0 unspecified atom stereocenters. The molecule has 168 valence electrons. The number of aromatic nitrogens is 2. The summed E-state index contributed by atoms with van der Waals surface area (Å²) in [5.41, 5.74) is 0.908. The van der Waals surface area contributed by atoms with E-state index >= 15 is 0 Å². The average molecular weight is 450 g/mol. The number of hydrogen-bond donors (Lipinski definition) is 0. The van der Waals surface area contributed by atoms with Gasteiger partial charge in [0.25, 0.3) is 0 Å². The molecule has 31 heavy (non-hydrogen) atoms. The van der Waals surface area contributed by atoms with Crippen molar-refractivity contribution in [1.82, 2.24) is 19.8 Å². The summed E-state index contributed by atoms with van der Waals surface area (Å²) in [5.74, 6) is 1.56. The highest BCUT2D eigenvalue weighted by molar-refractivity contribution is 6.28. The summed E-state index contributed by atoms with van der Waals surface area (Å²) < 4.78 is 17.2. The van der Waals surface area contributed by atoms with Gasteiger partial charge in [-0.3, -0.25) is 4.90 Å². The van der Waals surface area contributed by atoms with Crippen LogP contribution in [0.25, 0.3) is 11.1 Å². The molecule has 3 saturated heterocycles. The van der Waals surface area contributed by atoms with E-state index in [1.807, 2.05) is 31.7 Å². The van der Waals surface area contributed by atoms with Crippen molar-refractivity contribution in [1.29, 1.82) is 0 Å². The van der Waals surface area contributed by atoms with Gasteiger partial charge in [-0.2, -0.15) is 4.98 Å². The van der Waals surface area contributed by atoms with Gasteiger partial charge in [0.1, 0.15) is 16.9 Å². The molecular weight excluding hydrogens is 422 g/mol. The third-order valence-corrected chi connectivity index (χ3v) is 6.20. The lowest BCUT2D eigenvalue weighted by molar-refractivity contribution is 0.0120. The summed E-state index contributed by atoms with van der Waals surface area (Å²) in [4.78, 5) is 27.6. The number of piperazine rings is 1. The number of halogens is 1. The zero-order valence-corrected chi connectivity index (χ0v) is 18.9. The van der Waals surface area contributed by atoms with Crippen molar-refractivity contribution < 1.29 is 18.7 Å². The third-order valence-electron chi connectivity index (χ3n) is 6.03. The summed E-state index contributed by atoms with van der Waals surface area (Å²) in [6.07, 6.45) is 0.743. The Morgan fingerprint density at radius 3 is 2.68 bits per heavy atom. The number of nitrogens with zero attached hydrogens (tertiary/aromatic N) is 5. The van der Waals surface area contributed by atoms with Crippen LogP contribution in [-0.4, -0.2) is 82.9 Å². The molecule has 0 N–H and O–H groups in total. The predicted octanol–water partition coefficient (Wildman–Crippen LogP) is 2.91. The number of hydrogen-bond acceptors (Lipinski definition) is 8. The highest BCUT2D eigenvalue weighted by atomic mass is 35.5.